The fourth-order valence-electron chi connectivity index (χ4n) is 2.64. The molecule has 100 valence electrons. The topological polar surface area (TPSA) is 15.3 Å². The van der Waals surface area contributed by atoms with Crippen molar-refractivity contribution >= 4 is 0 Å². The zero-order valence-corrected chi connectivity index (χ0v) is 10.8. The molecule has 0 amide bonds. The maximum absolute atomic E-state index is 13.0. The molecule has 1 aliphatic heterocycles. The summed E-state index contributed by atoms with van der Waals surface area (Å²) in [6, 6.07) is 4.22. The van der Waals surface area contributed by atoms with E-state index in [2.05, 4.69) is 17.1 Å². The molecular weight excluding hydrogens is 234 g/mol. The van der Waals surface area contributed by atoms with E-state index in [0.29, 0.717) is 18.2 Å². The quantitative estimate of drug-likeness (QED) is 0.868. The first-order valence-electron chi connectivity index (χ1n) is 6.58. The lowest BCUT2D eigenvalue weighted by Gasteiger charge is -2.23. The van der Waals surface area contributed by atoms with Crippen LogP contribution in [0.2, 0.25) is 0 Å². The van der Waals surface area contributed by atoms with Crippen LogP contribution < -0.4 is 5.32 Å². The Balaban J connectivity index is 1.81. The molecule has 1 aromatic rings. The van der Waals surface area contributed by atoms with Gasteiger partial charge in [-0.1, -0.05) is 6.92 Å². The van der Waals surface area contributed by atoms with Gasteiger partial charge in [-0.2, -0.15) is 0 Å². The van der Waals surface area contributed by atoms with Gasteiger partial charge in [-0.3, -0.25) is 4.90 Å². The SMILES string of the molecule is CCN1CCCC1CNCc1cc(F)cc(F)c1. The summed E-state index contributed by atoms with van der Waals surface area (Å²) < 4.78 is 26.0. The van der Waals surface area contributed by atoms with Crippen molar-refractivity contribution in [1.29, 1.82) is 0 Å². The zero-order valence-electron chi connectivity index (χ0n) is 10.8. The Kier molecular flexibility index (Phi) is 4.66. The first-order chi connectivity index (χ1) is 8.69. The average Bonchev–Trinajstić information content (AvgIpc) is 2.75. The molecule has 1 saturated heterocycles. The molecule has 2 nitrogen and oxygen atoms in total. The molecule has 1 aliphatic rings. The number of hydrogen-bond donors (Lipinski definition) is 1. The zero-order chi connectivity index (χ0) is 13.0. The molecule has 1 heterocycles. The van der Waals surface area contributed by atoms with Crippen molar-refractivity contribution in [2.45, 2.75) is 32.4 Å². The molecule has 1 aromatic carbocycles. The third-order valence-corrected chi connectivity index (χ3v) is 3.54. The van der Waals surface area contributed by atoms with E-state index in [-0.39, 0.29) is 0 Å². The lowest BCUT2D eigenvalue weighted by molar-refractivity contribution is 0.260. The Morgan fingerprint density at radius 2 is 2.00 bits per heavy atom. The number of likely N-dealkylation sites (N-methyl/N-ethyl adjacent to an activating group) is 1. The predicted octanol–water partition coefficient (Wildman–Crippen LogP) is 2.54. The third kappa shape index (κ3) is 3.50. The van der Waals surface area contributed by atoms with E-state index in [1.165, 1.54) is 25.0 Å². The Morgan fingerprint density at radius 1 is 1.28 bits per heavy atom. The summed E-state index contributed by atoms with van der Waals surface area (Å²) in [7, 11) is 0. The summed E-state index contributed by atoms with van der Waals surface area (Å²) in [5.74, 6) is -1.02. The van der Waals surface area contributed by atoms with Crippen LogP contribution in [0.15, 0.2) is 18.2 Å². The fourth-order valence-corrected chi connectivity index (χ4v) is 2.64. The number of benzene rings is 1. The minimum atomic E-state index is -0.511. The molecule has 0 saturated carbocycles. The third-order valence-electron chi connectivity index (χ3n) is 3.54. The first-order valence-corrected chi connectivity index (χ1v) is 6.58. The van der Waals surface area contributed by atoms with Crippen LogP contribution in [0.1, 0.15) is 25.3 Å². The Hall–Kier alpha value is -1.00. The lowest BCUT2D eigenvalue weighted by Crippen LogP contribution is -2.37. The van der Waals surface area contributed by atoms with E-state index in [4.69, 9.17) is 0 Å². The Morgan fingerprint density at radius 3 is 2.67 bits per heavy atom. The van der Waals surface area contributed by atoms with Crippen LogP contribution in [0.5, 0.6) is 0 Å². The van der Waals surface area contributed by atoms with Crippen LogP contribution in [0.4, 0.5) is 8.78 Å². The van der Waals surface area contributed by atoms with Crippen molar-refractivity contribution < 1.29 is 8.78 Å². The summed E-state index contributed by atoms with van der Waals surface area (Å²) in [4.78, 5) is 2.44. The normalized spacial score (nSPS) is 20.5. The summed E-state index contributed by atoms with van der Waals surface area (Å²) in [5.41, 5.74) is 0.661. The van der Waals surface area contributed by atoms with Gasteiger partial charge in [-0.15, -0.1) is 0 Å². The van der Waals surface area contributed by atoms with Gasteiger partial charge in [0, 0.05) is 25.2 Å². The van der Waals surface area contributed by atoms with E-state index in [9.17, 15) is 8.78 Å². The first kappa shape index (κ1) is 13.4. The van der Waals surface area contributed by atoms with Gasteiger partial charge in [0.25, 0.3) is 0 Å². The van der Waals surface area contributed by atoms with Gasteiger partial charge < -0.3 is 5.32 Å². The maximum Gasteiger partial charge on any atom is 0.126 e. The maximum atomic E-state index is 13.0. The number of nitrogens with zero attached hydrogens (tertiary/aromatic N) is 1. The molecular formula is C14H20F2N2. The van der Waals surface area contributed by atoms with E-state index in [1.54, 1.807) is 0 Å². The number of likely N-dealkylation sites (tertiary alicyclic amines) is 1. The van der Waals surface area contributed by atoms with E-state index < -0.39 is 11.6 Å². The van der Waals surface area contributed by atoms with Crippen LogP contribution in [0.25, 0.3) is 0 Å². The summed E-state index contributed by atoms with van der Waals surface area (Å²) in [5, 5.41) is 3.29. The molecule has 0 bridgehead atoms. The fraction of sp³-hybridized carbons (Fsp3) is 0.571. The van der Waals surface area contributed by atoms with Crippen molar-refractivity contribution in [3.05, 3.63) is 35.4 Å². The highest BCUT2D eigenvalue weighted by Crippen LogP contribution is 2.15. The molecule has 1 N–H and O–H groups in total. The molecule has 0 aromatic heterocycles. The molecule has 0 radical (unpaired) electrons. The standard InChI is InChI=1S/C14H20F2N2/c1-2-18-5-3-4-14(18)10-17-9-11-6-12(15)8-13(16)7-11/h6-8,14,17H,2-5,9-10H2,1H3. The molecule has 1 unspecified atom stereocenters. The molecule has 4 heteroatoms. The van der Waals surface area contributed by atoms with Crippen LogP contribution in [-0.2, 0) is 6.54 Å². The van der Waals surface area contributed by atoms with Gasteiger partial charge in [-0.05, 0) is 43.6 Å². The minimum Gasteiger partial charge on any atom is -0.311 e. The molecule has 1 atom stereocenters. The average molecular weight is 254 g/mol. The van der Waals surface area contributed by atoms with Crippen molar-refractivity contribution in [3.8, 4) is 0 Å². The van der Waals surface area contributed by atoms with E-state index in [1.807, 2.05) is 0 Å². The van der Waals surface area contributed by atoms with E-state index in [0.717, 1.165) is 25.7 Å². The monoisotopic (exact) mass is 254 g/mol. The van der Waals surface area contributed by atoms with Gasteiger partial charge >= 0.3 is 0 Å². The van der Waals surface area contributed by atoms with Crippen LogP contribution in [0, 0.1) is 11.6 Å². The van der Waals surface area contributed by atoms with Gasteiger partial charge in [0.15, 0.2) is 0 Å². The number of rotatable bonds is 5. The largest absolute Gasteiger partial charge is 0.311 e. The number of halogens is 2. The highest BCUT2D eigenvalue weighted by Gasteiger charge is 2.21. The summed E-state index contributed by atoms with van der Waals surface area (Å²) >= 11 is 0. The highest BCUT2D eigenvalue weighted by atomic mass is 19.1. The van der Waals surface area contributed by atoms with Gasteiger partial charge in [-0.25, -0.2) is 8.78 Å². The van der Waals surface area contributed by atoms with E-state index >= 15 is 0 Å². The molecule has 2 rings (SSSR count). The summed E-state index contributed by atoms with van der Waals surface area (Å²) in [6.45, 7) is 5.80. The smallest absolute Gasteiger partial charge is 0.126 e. The lowest BCUT2D eigenvalue weighted by atomic mass is 10.2. The van der Waals surface area contributed by atoms with Crippen molar-refractivity contribution in [2.75, 3.05) is 19.6 Å². The number of nitrogens with one attached hydrogen (secondary N) is 1. The second-order valence-electron chi connectivity index (χ2n) is 4.83. The van der Waals surface area contributed by atoms with Gasteiger partial charge in [0.05, 0.1) is 0 Å². The second-order valence-corrected chi connectivity index (χ2v) is 4.83. The van der Waals surface area contributed by atoms with Gasteiger partial charge in [0.2, 0.25) is 0 Å². The Labute approximate surface area is 107 Å². The van der Waals surface area contributed by atoms with Crippen molar-refractivity contribution in [1.82, 2.24) is 10.2 Å². The van der Waals surface area contributed by atoms with Crippen molar-refractivity contribution in [3.63, 3.8) is 0 Å². The predicted molar refractivity (Wildman–Crippen MR) is 68.3 cm³/mol. The number of hydrogen-bond acceptors (Lipinski definition) is 2. The van der Waals surface area contributed by atoms with Crippen LogP contribution in [0.3, 0.4) is 0 Å². The minimum absolute atomic E-state index is 0.511. The molecule has 0 aliphatic carbocycles. The van der Waals surface area contributed by atoms with Crippen LogP contribution in [-0.4, -0.2) is 30.6 Å². The highest BCUT2D eigenvalue weighted by molar-refractivity contribution is 5.17. The molecule has 1 fully saturated rings. The molecule has 0 spiro atoms. The Bertz CT molecular complexity index is 375. The summed E-state index contributed by atoms with van der Waals surface area (Å²) in [6.07, 6.45) is 2.45. The second kappa shape index (κ2) is 6.25. The van der Waals surface area contributed by atoms with Crippen molar-refractivity contribution in [2.24, 2.45) is 0 Å². The van der Waals surface area contributed by atoms with Gasteiger partial charge in [0.1, 0.15) is 11.6 Å². The molecule has 18 heavy (non-hydrogen) atoms. The van der Waals surface area contributed by atoms with Crippen LogP contribution >= 0.6 is 0 Å².